The Hall–Kier alpha value is -2.13. The Labute approximate surface area is 124 Å². The van der Waals surface area contributed by atoms with Gasteiger partial charge in [-0.3, -0.25) is 0 Å². The molecule has 0 radical (unpaired) electrons. The maximum absolute atomic E-state index is 5.72. The van der Waals surface area contributed by atoms with Crippen LogP contribution in [0.4, 0.5) is 0 Å². The van der Waals surface area contributed by atoms with Crippen LogP contribution < -0.4 is 5.73 Å². The molecular weight excluding hydrogens is 258 g/mol. The van der Waals surface area contributed by atoms with E-state index in [1.807, 2.05) is 0 Å². The molecule has 1 aliphatic carbocycles. The van der Waals surface area contributed by atoms with Crippen LogP contribution in [0.3, 0.4) is 0 Å². The number of nitrogens with zero attached hydrogens (tertiary/aromatic N) is 2. The lowest BCUT2D eigenvalue weighted by Gasteiger charge is -2.02. The van der Waals surface area contributed by atoms with Crippen molar-refractivity contribution in [3.63, 3.8) is 0 Å². The predicted octanol–water partition coefficient (Wildman–Crippen LogP) is 3.30. The van der Waals surface area contributed by atoms with E-state index >= 15 is 0 Å². The number of hydrogen-bond donors (Lipinski definition) is 1. The fourth-order valence-corrected chi connectivity index (χ4v) is 3.27. The van der Waals surface area contributed by atoms with Gasteiger partial charge in [-0.1, -0.05) is 36.4 Å². The lowest BCUT2D eigenvalue weighted by molar-refractivity contribution is 0.804. The molecule has 0 aliphatic heterocycles. The molecule has 4 rings (SSSR count). The van der Waals surface area contributed by atoms with Gasteiger partial charge in [0.25, 0.3) is 0 Å². The largest absolute Gasteiger partial charge is 0.331 e. The molecule has 2 N–H and O–H groups in total. The standard InChI is InChI=1S/C18H19N3/c1-21-17-8-7-12(11-19)9-16(17)20-18(21)15-10-14(15)13-5-3-2-4-6-13/h2-9,14-15H,10-11,19H2,1H3. The van der Waals surface area contributed by atoms with E-state index in [0.29, 0.717) is 18.4 Å². The lowest BCUT2D eigenvalue weighted by atomic mass is 10.1. The van der Waals surface area contributed by atoms with E-state index in [1.165, 1.54) is 23.3 Å². The Morgan fingerprint density at radius 2 is 1.95 bits per heavy atom. The molecule has 1 aliphatic rings. The molecule has 0 bridgehead atoms. The zero-order valence-corrected chi connectivity index (χ0v) is 12.2. The summed E-state index contributed by atoms with van der Waals surface area (Å²) in [6.07, 6.45) is 1.20. The number of fused-ring (bicyclic) bond motifs is 1. The lowest BCUT2D eigenvalue weighted by Crippen LogP contribution is -1.97. The highest BCUT2D eigenvalue weighted by atomic mass is 15.1. The minimum Gasteiger partial charge on any atom is -0.331 e. The maximum atomic E-state index is 5.72. The SMILES string of the molecule is Cn1c(C2CC2c2ccccc2)nc2cc(CN)ccc21. The normalized spacial score (nSPS) is 20.9. The maximum Gasteiger partial charge on any atom is 0.113 e. The summed E-state index contributed by atoms with van der Waals surface area (Å²) in [7, 11) is 2.12. The molecule has 0 amide bonds. The van der Waals surface area contributed by atoms with Crippen molar-refractivity contribution >= 4 is 11.0 Å². The molecule has 106 valence electrons. The summed E-state index contributed by atoms with van der Waals surface area (Å²) in [6.45, 7) is 0.567. The third kappa shape index (κ3) is 2.05. The Bertz CT molecular complexity index is 789. The fourth-order valence-electron chi connectivity index (χ4n) is 3.27. The van der Waals surface area contributed by atoms with E-state index in [-0.39, 0.29) is 0 Å². The van der Waals surface area contributed by atoms with Gasteiger partial charge in [0.1, 0.15) is 5.82 Å². The molecule has 0 spiro atoms. The van der Waals surface area contributed by atoms with E-state index in [2.05, 4.69) is 60.1 Å². The molecule has 2 atom stereocenters. The van der Waals surface area contributed by atoms with Crippen molar-refractivity contribution in [2.75, 3.05) is 0 Å². The quantitative estimate of drug-likeness (QED) is 0.798. The number of imidazole rings is 1. The molecule has 2 unspecified atom stereocenters. The van der Waals surface area contributed by atoms with Crippen molar-refractivity contribution in [3.05, 3.63) is 65.5 Å². The Morgan fingerprint density at radius 3 is 2.71 bits per heavy atom. The predicted molar refractivity (Wildman–Crippen MR) is 85.1 cm³/mol. The first-order chi connectivity index (χ1) is 10.3. The molecule has 21 heavy (non-hydrogen) atoms. The Balaban J connectivity index is 1.70. The first-order valence-electron chi connectivity index (χ1n) is 7.48. The highest BCUT2D eigenvalue weighted by Crippen LogP contribution is 2.54. The molecule has 1 heterocycles. The van der Waals surface area contributed by atoms with Crippen LogP contribution in [-0.2, 0) is 13.6 Å². The van der Waals surface area contributed by atoms with Gasteiger partial charge in [0.05, 0.1) is 11.0 Å². The van der Waals surface area contributed by atoms with Crippen LogP contribution in [0.5, 0.6) is 0 Å². The fraction of sp³-hybridized carbons (Fsp3) is 0.278. The summed E-state index contributed by atoms with van der Waals surface area (Å²) >= 11 is 0. The van der Waals surface area contributed by atoms with Crippen LogP contribution in [-0.4, -0.2) is 9.55 Å². The molecule has 1 saturated carbocycles. The molecule has 1 aromatic heterocycles. The molecule has 0 saturated heterocycles. The minimum absolute atomic E-state index is 0.547. The van der Waals surface area contributed by atoms with Crippen molar-refractivity contribution in [1.82, 2.24) is 9.55 Å². The Morgan fingerprint density at radius 1 is 1.14 bits per heavy atom. The average molecular weight is 277 g/mol. The summed E-state index contributed by atoms with van der Waals surface area (Å²) < 4.78 is 2.24. The van der Waals surface area contributed by atoms with E-state index in [1.54, 1.807) is 0 Å². The molecule has 3 aromatic rings. The zero-order valence-electron chi connectivity index (χ0n) is 12.2. The number of rotatable bonds is 3. The highest BCUT2D eigenvalue weighted by Gasteiger charge is 2.42. The van der Waals surface area contributed by atoms with Crippen LogP contribution in [0.2, 0.25) is 0 Å². The van der Waals surface area contributed by atoms with Gasteiger partial charge >= 0.3 is 0 Å². The van der Waals surface area contributed by atoms with Crippen LogP contribution in [0.1, 0.15) is 35.2 Å². The number of nitrogens with two attached hydrogens (primary N) is 1. The van der Waals surface area contributed by atoms with Crippen molar-refractivity contribution < 1.29 is 0 Å². The second-order valence-electron chi connectivity index (χ2n) is 5.92. The van der Waals surface area contributed by atoms with Gasteiger partial charge in [-0.25, -0.2) is 4.98 Å². The van der Waals surface area contributed by atoms with Crippen molar-refractivity contribution in [2.24, 2.45) is 12.8 Å². The topological polar surface area (TPSA) is 43.8 Å². The number of hydrogen-bond acceptors (Lipinski definition) is 2. The second-order valence-corrected chi connectivity index (χ2v) is 5.92. The summed E-state index contributed by atoms with van der Waals surface area (Å²) in [5, 5.41) is 0. The van der Waals surface area contributed by atoms with E-state index in [0.717, 1.165) is 11.1 Å². The van der Waals surface area contributed by atoms with Gasteiger partial charge in [0, 0.05) is 19.5 Å². The third-order valence-electron chi connectivity index (χ3n) is 4.57. The van der Waals surface area contributed by atoms with Gasteiger partial charge in [-0.2, -0.15) is 0 Å². The number of benzene rings is 2. The van der Waals surface area contributed by atoms with Crippen molar-refractivity contribution in [1.29, 1.82) is 0 Å². The van der Waals surface area contributed by atoms with Crippen LogP contribution in [0.25, 0.3) is 11.0 Å². The van der Waals surface area contributed by atoms with Crippen molar-refractivity contribution in [3.8, 4) is 0 Å². The van der Waals surface area contributed by atoms with Gasteiger partial charge in [0.2, 0.25) is 0 Å². The summed E-state index contributed by atoms with van der Waals surface area (Å²) in [4.78, 5) is 4.87. The van der Waals surface area contributed by atoms with Crippen molar-refractivity contribution in [2.45, 2.75) is 24.8 Å². The molecule has 3 heteroatoms. The summed E-state index contributed by atoms with van der Waals surface area (Å²) in [5.41, 5.74) is 10.5. The number of aromatic nitrogens is 2. The Kier molecular flexibility index (Phi) is 2.82. The first-order valence-corrected chi connectivity index (χ1v) is 7.48. The molecule has 2 aromatic carbocycles. The van der Waals surface area contributed by atoms with Crippen LogP contribution >= 0.6 is 0 Å². The number of aryl methyl sites for hydroxylation is 1. The van der Waals surface area contributed by atoms with Gasteiger partial charge in [0.15, 0.2) is 0 Å². The average Bonchev–Trinajstić information content (AvgIpc) is 3.26. The third-order valence-corrected chi connectivity index (χ3v) is 4.57. The monoisotopic (exact) mass is 277 g/mol. The van der Waals surface area contributed by atoms with E-state index in [4.69, 9.17) is 10.7 Å². The first kappa shape index (κ1) is 12.6. The highest BCUT2D eigenvalue weighted by molar-refractivity contribution is 5.77. The van der Waals surface area contributed by atoms with E-state index < -0.39 is 0 Å². The second kappa shape index (κ2) is 4.71. The molecular formula is C18H19N3. The van der Waals surface area contributed by atoms with Crippen LogP contribution in [0, 0.1) is 0 Å². The smallest absolute Gasteiger partial charge is 0.113 e. The van der Waals surface area contributed by atoms with Gasteiger partial charge in [-0.15, -0.1) is 0 Å². The van der Waals surface area contributed by atoms with E-state index in [9.17, 15) is 0 Å². The molecule has 1 fully saturated rings. The van der Waals surface area contributed by atoms with Crippen LogP contribution in [0.15, 0.2) is 48.5 Å². The summed E-state index contributed by atoms with van der Waals surface area (Å²) in [6, 6.07) is 17.1. The van der Waals surface area contributed by atoms with Gasteiger partial charge in [-0.05, 0) is 35.6 Å². The minimum atomic E-state index is 0.547. The van der Waals surface area contributed by atoms with Gasteiger partial charge < -0.3 is 10.3 Å². The summed E-state index contributed by atoms with van der Waals surface area (Å²) in [5.74, 6) is 2.37. The molecule has 3 nitrogen and oxygen atoms in total. The zero-order chi connectivity index (χ0) is 14.4.